The molecule has 0 unspecified atom stereocenters. The summed E-state index contributed by atoms with van der Waals surface area (Å²) in [4.78, 5) is 11.9. The number of aliphatic carboxylic acids is 1. The Morgan fingerprint density at radius 3 is 2.63 bits per heavy atom. The zero-order valence-corrected chi connectivity index (χ0v) is 19.7. The van der Waals surface area contributed by atoms with Gasteiger partial charge in [0, 0.05) is 41.3 Å². The molecule has 1 aliphatic carbocycles. The molecule has 2 aliphatic rings. The summed E-state index contributed by atoms with van der Waals surface area (Å²) in [6, 6.07) is 6.90. The van der Waals surface area contributed by atoms with E-state index in [2.05, 4.69) is 14.8 Å². The minimum absolute atomic E-state index is 0.0888. The number of aromatic nitrogens is 3. The Labute approximate surface area is 200 Å². The molecule has 6 rings (SSSR count). The van der Waals surface area contributed by atoms with Crippen LogP contribution in [0, 0.1) is 24.0 Å². The fourth-order valence-corrected chi connectivity index (χ4v) is 6.09. The van der Waals surface area contributed by atoms with Gasteiger partial charge in [-0.3, -0.25) is 9.89 Å². The van der Waals surface area contributed by atoms with Crippen LogP contribution >= 0.6 is 0 Å². The van der Waals surface area contributed by atoms with Gasteiger partial charge in [0.25, 0.3) is 0 Å². The molecule has 0 bridgehead atoms. The summed E-state index contributed by atoms with van der Waals surface area (Å²) < 4.78 is 38.1. The Morgan fingerprint density at radius 2 is 1.94 bits per heavy atom. The summed E-state index contributed by atoms with van der Waals surface area (Å²) in [5, 5.41) is 17.7. The molecule has 0 spiro atoms. The lowest BCUT2D eigenvalue weighted by atomic mass is 9.60. The van der Waals surface area contributed by atoms with Gasteiger partial charge in [-0.2, -0.15) is 5.10 Å². The average Bonchev–Trinajstić information content (AvgIpc) is 3.42. The zero-order chi connectivity index (χ0) is 24.5. The number of benzene rings is 2. The molecule has 0 radical (unpaired) electrons. The highest BCUT2D eigenvalue weighted by Crippen LogP contribution is 2.56. The van der Waals surface area contributed by atoms with Crippen molar-refractivity contribution in [3.05, 3.63) is 58.9 Å². The van der Waals surface area contributed by atoms with E-state index in [1.54, 1.807) is 32.2 Å². The van der Waals surface area contributed by atoms with E-state index in [0.717, 1.165) is 29.8 Å². The zero-order valence-electron chi connectivity index (χ0n) is 19.7. The fraction of sp³-hybridized carbons (Fsp3) is 0.407. The third kappa shape index (κ3) is 3.30. The number of hydrogen-bond donors (Lipinski definition) is 2. The number of carboxylic acids is 1. The van der Waals surface area contributed by atoms with E-state index < -0.39 is 11.4 Å². The molecule has 2 aromatic carbocycles. The van der Waals surface area contributed by atoms with Crippen LogP contribution in [0.4, 0.5) is 8.78 Å². The number of hydrogen-bond acceptors (Lipinski definition) is 3. The number of aryl methyl sites for hydroxylation is 1. The minimum Gasteiger partial charge on any atom is -0.481 e. The largest absolute Gasteiger partial charge is 0.481 e. The number of aromatic amines is 1. The molecule has 2 aromatic heterocycles. The summed E-state index contributed by atoms with van der Waals surface area (Å²) in [6.07, 6.45) is 4.06. The maximum Gasteiger partial charge on any atom is 0.309 e. The quantitative estimate of drug-likeness (QED) is 0.379. The first kappa shape index (κ1) is 22.2. The second-order valence-corrected chi connectivity index (χ2v) is 10.3. The molecule has 1 saturated carbocycles. The van der Waals surface area contributed by atoms with Crippen molar-refractivity contribution in [1.29, 1.82) is 0 Å². The van der Waals surface area contributed by atoms with Crippen molar-refractivity contribution < 1.29 is 23.4 Å². The Bertz CT molecular complexity index is 1480. The molecular formula is C27H27F2N3O3. The van der Waals surface area contributed by atoms with Gasteiger partial charge in [0.2, 0.25) is 0 Å². The van der Waals surface area contributed by atoms with Crippen LogP contribution in [0.5, 0.6) is 0 Å². The number of nitrogens with zero attached hydrogens (tertiary/aromatic N) is 2. The second kappa shape index (κ2) is 7.88. The lowest BCUT2D eigenvalue weighted by Crippen LogP contribution is -2.40. The molecule has 0 amide bonds. The van der Waals surface area contributed by atoms with Crippen LogP contribution in [0.3, 0.4) is 0 Å². The highest BCUT2D eigenvalue weighted by atomic mass is 19.1. The number of fused-ring (bicyclic) bond motifs is 2. The van der Waals surface area contributed by atoms with Crippen LogP contribution in [0.2, 0.25) is 0 Å². The van der Waals surface area contributed by atoms with Gasteiger partial charge in [0.15, 0.2) is 5.82 Å². The normalized spacial score (nSPS) is 23.1. The number of ether oxygens (including phenoxy) is 1. The number of H-pyrrole nitrogens is 1. The van der Waals surface area contributed by atoms with Gasteiger partial charge in [-0.25, -0.2) is 8.78 Å². The predicted octanol–water partition coefficient (Wildman–Crippen LogP) is 5.96. The molecule has 1 aliphatic heterocycles. The average molecular weight is 480 g/mol. The Morgan fingerprint density at radius 1 is 1.20 bits per heavy atom. The van der Waals surface area contributed by atoms with Crippen molar-refractivity contribution >= 4 is 27.8 Å². The number of rotatable bonds is 4. The first-order valence-electron chi connectivity index (χ1n) is 12.1. The van der Waals surface area contributed by atoms with Gasteiger partial charge >= 0.3 is 5.97 Å². The van der Waals surface area contributed by atoms with Gasteiger partial charge in [-0.15, -0.1) is 0 Å². The van der Waals surface area contributed by atoms with Crippen molar-refractivity contribution in [2.75, 3.05) is 13.2 Å². The number of halogens is 2. The summed E-state index contributed by atoms with van der Waals surface area (Å²) in [7, 11) is 0. The van der Waals surface area contributed by atoms with E-state index in [9.17, 15) is 14.3 Å². The summed E-state index contributed by atoms with van der Waals surface area (Å²) in [5.74, 6) is -1.47. The third-order valence-corrected chi connectivity index (χ3v) is 8.01. The topological polar surface area (TPSA) is 80.1 Å². The SMILES string of the molecule is Cc1cc(-n2c(C3CCOCC3)c([C@H]3C[C@](C)(C(=O)O)C3)c3c(F)c4[nH]ncc4cc32)ccc1F. The number of carbonyl (C=O) groups is 1. The third-order valence-electron chi connectivity index (χ3n) is 8.01. The lowest BCUT2D eigenvalue weighted by Gasteiger charge is -2.43. The van der Waals surface area contributed by atoms with E-state index in [1.807, 2.05) is 6.07 Å². The monoisotopic (exact) mass is 479 g/mol. The molecule has 6 nitrogen and oxygen atoms in total. The van der Waals surface area contributed by atoms with Crippen molar-refractivity contribution in [2.45, 2.75) is 51.4 Å². The van der Waals surface area contributed by atoms with Gasteiger partial charge in [-0.05, 0) is 80.8 Å². The van der Waals surface area contributed by atoms with E-state index in [0.29, 0.717) is 53.4 Å². The van der Waals surface area contributed by atoms with Crippen LogP contribution < -0.4 is 0 Å². The van der Waals surface area contributed by atoms with Gasteiger partial charge in [0.1, 0.15) is 11.3 Å². The molecule has 35 heavy (non-hydrogen) atoms. The predicted molar refractivity (Wildman–Crippen MR) is 128 cm³/mol. The molecule has 2 fully saturated rings. The molecule has 1 saturated heterocycles. The number of carboxylic acid groups (broad SMARTS) is 1. The first-order valence-corrected chi connectivity index (χ1v) is 12.1. The summed E-state index contributed by atoms with van der Waals surface area (Å²) in [6.45, 7) is 4.70. The minimum atomic E-state index is -0.826. The molecule has 0 atom stereocenters. The van der Waals surface area contributed by atoms with Gasteiger partial charge in [-0.1, -0.05) is 0 Å². The van der Waals surface area contributed by atoms with E-state index in [-0.39, 0.29) is 23.5 Å². The second-order valence-electron chi connectivity index (χ2n) is 10.3. The highest BCUT2D eigenvalue weighted by molar-refractivity contribution is 6.00. The molecule has 4 aromatic rings. The number of nitrogens with one attached hydrogen (secondary N) is 1. The van der Waals surface area contributed by atoms with Crippen molar-refractivity contribution in [1.82, 2.24) is 14.8 Å². The van der Waals surface area contributed by atoms with E-state index in [4.69, 9.17) is 4.74 Å². The van der Waals surface area contributed by atoms with Gasteiger partial charge < -0.3 is 14.4 Å². The molecular weight excluding hydrogens is 452 g/mol. The maximum absolute atomic E-state index is 16.2. The van der Waals surface area contributed by atoms with Crippen molar-refractivity contribution in [3.63, 3.8) is 0 Å². The molecule has 182 valence electrons. The molecule has 2 N–H and O–H groups in total. The summed E-state index contributed by atoms with van der Waals surface area (Å²) >= 11 is 0. The van der Waals surface area contributed by atoms with Crippen LogP contribution in [0.25, 0.3) is 27.5 Å². The van der Waals surface area contributed by atoms with Crippen molar-refractivity contribution in [2.24, 2.45) is 5.41 Å². The Kier molecular flexibility index (Phi) is 5.00. The van der Waals surface area contributed by atoms with Crippen LogP contribution in [-0.4, -0.2) is 39.1 Å². The van der Waals surface area contributed by atoms with Crippen molar-refractivity contribution in [3.8, 4) is 5.69 Å². The standard InChI is InChI=1S/C27H27F2N3O3/c1-14-9-18(3-4-19(14)28)32-20-10-16-13-30-31-24(16)23(29)22(20)21(17-11-27(2,12-17)26(33)34)25(32)15-5-7-35-8-6-15/h3-4,9-10,13,15,17H,5-8,11-12H2,1-2H3,(H,30,31)(H,33,34)/t17-,27-. The fourth-order valence-electron chi connectivity index (χ4n) is 6.09. The Hall–Kier alpha value is -3.26. The summed E-state index contributed by atoms with van der Waals surface area (Å²) in [5.41, 5.74) is 3.35. The first-order chi connectivity index (χ1) is 16.8. The Balaban J connectivity index is 1.69. The van der Waals surface area contributed by atoms with E-state index >= 15 is 4.39 Å². The van der Waals surface area contributed by atoms with Crippen LogP contribution in [-0.2, 0) is 9.53 Å². The van der Waals surface area contributed by atoms with Crippen LogP contribution in [0.15, 0.2) is 30.5 Å². The maximum atomic E-state index is 16.2. The smallest absolute Gasteiger partial charge is 0.309 e. The van der Waals surface area contributed by atoms with E-state index in [1.165, 1.54) is 6.07 Å². The lowest BCUT2D eigenvalue weighted by molar-refractivity contribution is -0.154. The van der Waals surface area contributed by atoms with Crippen LogP contribution in [0.1, 0.15) is 61.3 Å². The highest BCUT2D eigenvalue weighted by Gasteiger charge is 2.49. The molecule has 8 heteroatoms. The molecule has 3 heterocycles. The van der Waals surface area contributed by atoms with Gasteiger partial charge in [0.05, 0.1) is 17.1 Å².